The van der Waals surface area contributed by atoms with E-state index in [0.717, 1.165) is 0 Å². The van der Waals surface area contributed by atoms with Crippen molar-refractivity contribution < 1.29 is 0 Å². The number of fused-ring (bicyclic) bond motifs is 3. The van der Waals surface area contributed by atoms with E-state index in [-0.39, 0.29) is 0 Å². The highest BCUT2D eigenvalue weighted by atomic mass is 32.1. The highest BCUT2D eigenvalue weighted by Gasteiger charge is 2.07. The molecule has 0 spiro atoms. The summed E-state index contributed by atoms with van der Waals surface area (Å²) >= 11 is 1.87. The lowest BCUT2D eigenvalue weighted by atomic mass is 9.97. The fourth-order valence-corrected chi connectivity index (χ4v) is 4.69. The maximum absolute atomic E-state index is 2.34. The van der Waals surface area contributed by atoms with E-state index in [1.54, 1.807) is 0 Å². The molecule has 0 unspecified atom stereocenters. The van der Waals surface area contributed by atoms with Crippen LogP contribution >= 0.6 is 11.3 Å². The van der Waals surface area contributed by atoms with Gasteiger partial charge in [0.1, 0.15) is 0 Å². The molecule has 0 aliphatic heterocycles. The molecule has 1 heteroatoms. The van der Waals surface area contributed by atoms with Crippen molar-refractivity contribution in [2.75, 3.05) is 0 Å². The Morgan fingerprint density at radius 2 is 1.15 bits per heavy atom. The molecule has 5 rings (SSSR count). The standard InChI is InChI=1S/C25H18S/c1-17-6-4-7-18(14-17)19-8-5-9-20(15-19)21-12-13-25-23(16-21)22-10-2-3-11-24(22)26-25/h2-16H,1H3. The predicted octanol–water partition coefficient (Wildman–Crippen LogP) is 7.70. The molecule has 0 aliphatic carbocycles. The first-order chi connectivity index (χ1) is 12.8. The third-order valence-corrected chi connectivity index (χ3v) is 6.08. The topological polar surface area (TPSA) is 0 Å². The van der Waals surface area contributed by atoms with Gasteiger partial charge in [0.05, 0.1) is 0 Å². The summed E-state index contributed by atoms with van der Waals surface area (Å²) in [5.74, 6) is 0. The zero-order chi connectivity index (χ0) is 17.5. The molecule has 0 nitrogen and oxygen atoms in total. The Morgan fingerprint density at radius 1 is 0.500 bits per heavy atom. The molecule has 0 aliphatic rings. The lowest BCUT2D eigenvalue weighted by Gasteiger charge is -2.07. The van der Waals surface area contributed by atoms with Gasteiger partial charge in [-0.2, -0.15) is 0 Å². The molecule has 0 bridgehead atoms. The van der Waals surface area contributed by atoms with Gasteiger partial charge in [-0.1, -0.05) is 72.3 Å². The maximum Gasteiger partial charge on any atom is 0.0355 e. The molecule has 0 saturated carbocycles. The summed E-state index contributed by atoms with van der Waals surface area (Å²) in [6.45, 7) is 2.14. The Kier molecular flexibility index (Phi) is 3.62. The summed E-state index contributed by atoms with van der Waals surface area (Å²) in [4.78, 5) is 0. The van der Waals surface area contributed by atoms with Crippen LogP contribution in [0, 0.1) is 6.92 Å². The first-order valence-electron chi connectivity index (χ1n) is 8.87. The summed E-state index contributed by atoms with van der Waals surface area (Å²) < 4.78 is 2.71. The minimum atomic E-state index is 1.26. The van der Waals surface area contributed by atoms with Gasteiger partial charge in [-0.05, 0) is 53.4 Å². The molecule has 124 valence electrons. The van der Waals surface area contributed by atoms with Crippen LogP contribution in [0.15, 0.2) is 91.0 Å². The Morgan fingerprint density at radius 3 is 1.96 bits per heavy atom. The number of rotatable bonds is 2. The van der Waals surface area contributed by atoms with Crippen LogP contribution in [0.1, 0.15) is 5.56 Å². The summed E-state index contributed by atoms with van der Waals surface area (Å²) in [6.07, 6.45) is 0. The summed E-state index contributed by atoms with van der Waals surface area (Å²) in [5.41, 5.74) is 6.37. The van der Waals surface area contributed by atoms with E-state index < -0.39 is 0 Å². The Balaban J connectivity index is 1.65. The van der Waals surface area contributed by atoms with Crippen molar-refractivity contribution in [2.24, 2.45) is 0 Å². The smallest absolute Gasteiger partial charge is 0.0355 e. The molecule has 0 saturated heterocycles. The van der Waals surface area contributed by atoms with Crippen LogP contribution in [-0.2, 0) is 0 Å². The average Bonchev–Trinajstić information content (AvgIpc) is 3.06. The second-order valence-corrected chi connectivity index (χ2v) is 7.84. The van der Waals surface area contributed by atoms with Crippen molar-refractivity contribution in [1.29, 1.82) is 0 Å². The molecule has 0 N–H and O–H groups in total. The van der Waals surface area contributed by atoms with Gasteiger partial charge in [-0.15, -0.1) is 11.3 Å². The van der Waals surface area contributed by atoms with E-state index in [0.29, 0.717) is 0 Å². The number of aryl methyl sites for hydroxylation is 1. The van der Waals surface area contributed by atoms with Gasteiger partial charge in [0.25, 0.3) is 0 Å². The highest BCUT2D eigenvalue weighted by Crippen LogP contribution is 2.36. The lowest BCUT2D eigenvalue weighted by molar-refractivity contribution is 1.47. The molecule has 0 radical (unpaired) electrons. The van der Waals surface area contributed by atoms with E-state index in [9.17, 15) is 0 Å². The molecular weight excluding hydrogens is 332 g/mol. The molecule has 0 amide bonds. The second-order valence-electron chi connectivity index (χ2n) is 6.76. The van der Waals surface area contributed by atoms with Gasteiger partial charge >= 0.3 is 0 Å². The second kappa shape index (κ2) is 6.12. The number of hydrogen-bond donors (Lipinski definition) is 0. The molecule has 0 atom stereocenters. The monoisotopic (exact) mass is 350 g/mol. The van der Waals surface area contributed by atoms with Crippen molar-refractivity contribution in [3.63, 3.8) is 0 Å². The first kappa shape index (κ1) is 15.4. The van der Waals surface area contributed by atoms with Crippen molar-refractivity contribution in [3.05, 3.63) is 96.6 Å². The zero-order valence-corrected chi connectivity index (χ0v) is 15.4. The molecule has 26 heavy (non-hydrogen) atoms. The van der Waals surface area contributed by atoms with Crippen LogP contribution in [0.4, 0.5) is 0 Å². The average molecular weight is 350 g/mol. The minimum absolute atomic E-state index is 1.26. The first-order valence-corrected chi connectivity index (χ1v) is 9.68. The van der Waals surface area contributed by atoms with E-state index in [4.69, 9.17) is 0 Å². The molecule has 4 aromatic carbocycles. The van der Waals surface area contributed by atoms with Crippen LogP contribution in [0.25, 0.3) is 42.4 Å². The predicted molar refractivity (Wildman–Crippen MR) is 115 cm³/mol. The fourth-order valence-electron chi connectivity index (χ4n) is 3.61. The van der Waals surface area contributed by atoms with Gasteiger partial charge < -0.3 is 0 Å². The molecule has 1 heterocycles. The zero-order valence-electron chi connectivity index (χ0n) is 14.6. The molecule has 1 aromatic heterocycles. The summed E-state index contributed by atoms with van der Waals surface area (Å²) in [6, 6.07) is 33.0. The maximum atomic E-state index is 2.34. The summed E-state index contributed by atoms with van der Waals surface area (Å²) in [7, 11) is 0. The van der Waals surface area contributed by atoms with Crippen molar-refractivity contribution in [3.8, 4) is 22.3 Å². The number of thiophene rings is 1. The van der Waals surface area contributed by atoms with Crippen LogP contribution in [-0.4, -0.2) is 0 Å². The van der Waals surface area contributed by atoms with Gasteiger partial charge in [-0.3, -0.25) is 0 Å². The fraction of sp³-hybridized carbons (Fsp3) is 0.0400. The molecular formula is C25H18S. The summed E-state index contributed by atoms with van der Waals surface area (Å²) in [5, 5.41) is 2.70. The van der Waals surface area contributed by atoms with Crippen LogP contribution in [0.2, 0.25) is 0 Å². The Bertz CT molecular complexity index is 1240. The van der Waals surface area contributed by atoms with Gasteiger partial charge in [-0.25, -0.2) is 0 Å². The van der Waals surface area contributed by atoms with E-state index in [1.165, 1.54) is 48.0 Å². The highest BCUT2D eigenvalue weighted by molar-refractivity contribution is 7.25. The van der Waals surface area contributed by atoms with Gasteiger partial charge in [0.2, 0.25) is 0 Å². The van der Waals surface area contributed by atoms with E-state index >= 15 is 0 Å². The van der Waals surface area contributed by atoms with Crippen molar-refractivity contribution >= 4 is 31.5 Å². The Labute approximate surface area is 157 Å². The number of benzene rings is 4. The van der Waals surface area contributed by atoms with Gasteiger partial charge in [0.15, 0.2) is 0 Å². The van der Waals surface area contributed by atoms with E-state index in [2.05, 4.69) is 97.9 Å². The largest absolute Gasteiger partial charge is 0.135 e. The Hall–Kier alpha value is -2.90. The van der Waals surface area contributed by atoms with Crippen LogP contribution in [0.3, 0.4) is 0 Å². The SMILES string of the molecule is Cc1cccc(-c2cccc(-c3ccc4sc5ccccc5c4c3)c2)c1. The van der Waals surface area contributed by atoms with E-state index in [1.807, 2.05) is 11.3 Å². The normalized spacial score (nSPS) is 11.3. The van der Waals surface area contributed by atoms with Crippen LogP contribution < -0.4 is 0 Å². The van der Waals surface area contributed by atoms with Crippen molar-refractivity contribution in [2.45, 2.75) is 6.92 Å². The van der Waals surface area contributed by atoms with Gasteiger partial charge in [0, 0.05) is 20.2 Å². The molecule has 5 aromatic rings. The quantitative estimate of drug-likeness (QED) is 0.306. The third-order valence-electron chi connectivity index (χ3n) is 4.92. The number of hydrogen-bond acceptors (Lipinski definition) is 1. The van der Waals surface area contributed by atoms with Crippen LogP contribution in [0.5, 0.6) is 0 Å². The lowest BCUT2D eigenvalue weighted by Crippen LogP contribution is -1.82. The third kappa shape index (κ3) is 2.61. The minimum Gasteiger partial charge on any atom is -0.135 e. The van der Waals surface area contributed by atoms with Crippen molar-refractivity contribution in [1.82, 2.24) is 0 Å². The molecule has 0 fully saturated rings.